The Hall–Kier alpha value is -2.78. The molecule has 0 spiro atoms. The summed E-state index contributed by atoms with van der Waals surface area (Å²) in [5, 5.41) is 12.0. The minimum atomic E-state index is -0.631. The molecule has 2 aromatic rings. The lowest BCUT2D eigenvalue weighted by molar-refractivity contribution is -0.122. The lowest BCUT2D eigenvalue weighted by Gasteiger charge is -2.22. The maximum Gasteiger partial charge on any atom is 0.231 e. The van der Waals surface area contributed by atoms with Crippen LogP contribution in [0.2, 0.25) is 0 Å². The van der Waals surface area contributed by atoms with Gasteiger partial charge >= 0.3 is 0 Å². The molecule has 1 N–H and O–H groups in total. The highest BCUT2D eigenvalue weighted by Gasteiger charge is 2.52. The van der Waals surface area contributed by atoms with Gasteiger partial charge in [0.1, 0.15) is 11.6 Å². The van der Waals surface area contributed by atoms with E-state index in [2.05, 4.69) is 11.4 Å². The first-order chi connectivity index (χ1) is 12.6. The second-order valence-electron chi connectivity index (χ2n) is 6.63. The third-order valence-corrected chi connectivity index (χ3v) is 5.13. The average molecular weight is 354 g/mol. The molecule has 0 aliphatic carbocycles. The van der Waals surface area contributed by atoms with Gasteiger partial charge in [0.05, 0.1) is 30.1 Å². The van der Waals surface area contributed by atoms with E-state index in [9.17, 15) is 18.8 Å². The van der Waals surface area contributed by atoms with E-state index in [1.54, 1.807) is 6.07 Å². The molecule has 2 bridgehead atoms. The molecule has 2 heterocycles. The fourth-order valence-corrected chi connectivity index (χ4v) is 3.89. The smallest absolute Gasteiger partial charge is 0.231 e. The summed E-state index contributed by atoms with van der Waals surface area (Å²) in [6.07, 6.45) is 1.09. The Balaban J connectivity index is 1.55. The van der Waals surface area contributed by atoms with E-state index in [0.29, 0.717) is 0 Å². The Morgan fingerprint density at radius 2 is 1.81 bits per heavy atom. The monoisotopic (exact) mass is 354 g/mol. The Morgan fingerprint density at radius 1 is 1.08 bits per heavy atom. The van der Waals surface area contributed by atoms with Gasteiger partial charge in [-0.2, -0.15) is 5.26 Å². The number of hydrogen-bond donors (Lipinski definition) is 1. The third kappa shape index (κ3) is 2.74. The zero-order valence-electron chi connectivity index (χ0n) is 13.8. The Kier molecular flexibility index (Phi) is 4.17. The standard InChI is InChI=1S/C20H16F2N2O2/c21-15-4-2-1-3-12(15)13-6-5-11(9-16(13)22)24-20(25)19-14(10-23)17-7-8-18(19)26-17/h1-6,9,14,17-19H,7-8H2,(H,24,25)/t14?,17-,18+,19+/m0/s1. The molecule has 2 aliphatic rings. The number of anilines is 1. The molecule has 132 valence electrons. The highest BCUT2D eigenvalue weighted by molar-refractivity contribution is 5.94. The lowest BCUT2D eigenvalue weighted by atomic mass is 9.79. The van der Waals surface area contributed by atoms with E-state index < -0.39 is 23.5 Å². The summed E-state index contributed by atoms with van der Waals surface area (Å²) in [5.41, 5.74) is 0.556. The molecule has 0 aromatic heterocycles. The zero-order valence-corrected chi connectivity index (χ0v) is 13.8. The van der Waals surface area contributed by atoms with Gasteiger partial charge in [-0.15, -0.1) is 0 Å². The SMILES string of the molecule is N#CC1[C@@H]2CC[C@@H](O2)[C@@H]1C(=O)Nc1ccc(-c2ccccc2F)c(F)c1. The van der Waals surface area contributed by atoms with Crippen LogP contribution in [0.25, 0.3) is 11.1 Å². The fraction of sp³-hybridized carbons (Fsp3) is 0.300. The molecule has 2 saturated heterocycles. The summed E-state index contributed by atoms with van der Waals surface area (Å²) in [5.74, 6) is -2.51. The van der Waals surface area contributed by atoms with Crippen LogP contribution in [0.3, 0.4) is 0 Å². The molecule has 26 heavy (non-hydrogen) atoms. The van der Waals surface area contributed by atoms with Gasteiger partial charge in [-0.25, -0.2) is 8.78 Å². The molecule has 4 nitrogen and oxygen atoms in total. The summed E-state index contributed by atoms with van der Waals surface area (Å²) < 4.78 is 34.0. The van der Waals surface area contributed by atoms with Gasteiger partial charge in [0.15, 0.2) is 0 Å². The van der Waals surface area contributed by atoms with Crippen LogP contribution in [0.5, 0.6) is 0 Å². The van der Waals surface area contributed by atoms with Crippen LogP contribution in [0.1, 0.15) is 12.8 Å². The Morgan fingerprint density at radius 3 is 2.54 bits per heavy atom. The van der Waals surface area contributed by atoms with Crippen molar-refractivity contribution < 1.29 is 18.3 Å². The number of halogens is 2. The van der Waals surface area contributed by atoms with Crippen molar-refractivity contribution >= 4 is 11.6 Å². The average Bonchev–Trinajstić information content (AvgIpc) is 3.23. The Labute approximate surface area is 149 Å². The molecule has 2 aromatic carbocycles. The van der Waals surface area contributed by atoms with Crippen LogP contribution in [0.4, 0.5) is 14.5 Å². The first kappa shape index (κ1) is 16.7. The summed E-state index contributed by atoms with van der Waals surface area (Å²) >= 11 is 0. The van der Waals surface area contributed by atoms with Gasteiger partial charge in [0, 0.05) is 16.8 Å². The van der Waals surface area contributed by atoms with E-state index >= 15 is 0 Å². The number of nitrogens with zero attached hydrogens (tertiary/aromatic N) is 1. The summed E-state index contributed by atoms with van der Waals surface area (Å²) in [6, 6.07) is 12.2. The van der Waals surface area contributed by atoms with Gasteiger partial charge in [0.25, 0.3) is 0 Å². The maximum atomic E-state index is 14.4. The highest BCUT2D eigenvalue weighted by atomic mass is 19.1. The van der Waals surface area contributed by atoms with Crippen LogP contribution < -0.4 is 5.32 Å². The zero-order chi connectivity index (χ0) is 18.3. The summed E-state index contributed by atoms with van der Waals surface area (Å²) in [6.45, 7) is 0. The molecule has 6 heteroatoms. The van der Waals surface area contributed by atoms with E-state index in [4.69, 9.17) is 4.74 Å². The number of carbonyl (C=O) groups excluding carboxylic acids is 1. The van der Waals surface area contributed by atoms with Gasteiger partial charge in [-0.1, -0.05) is 18.2 Å². The van der Waals surface area contributed by atoms with Gasteiger partial charge < -0.3 is 10.1 Å². The van der Waals surface area contributed by atoms with Crippen molar-refractivity contribution in [1.82, 2.24) is 0 Å². The van der Waals surface area contributed by atoms with Crippen molar-refractivity contribution in [2.45, 2.75) is 25.0 Å². The van der Waals surface area contributed by atoms with Crippen molar-refractivity contribution in [3.63, 3.8) is 0 Å². The summed E-state index contributed by atoms with van der Waals surface area (Å²) in [7, 11) is 0. The second-order valence-corrected chi connectivity index (χ2v) is 6.63. The Bertz CT molecular complexity index is 909. The highest BCUT2D eigenvalue weighted by Crippen LogP contribution is 2.43. The molecule has 0 radical (unpaired) electrons. The number of rotatable bonds is 3. The molecule has 4 atom stereocenters. The van der Waals surface area contributed by atoms with Crippen molar-refractivity contribution in [2.75, 3.05) is 5.32 Å². The molecule has 1 amide bonds. The van der Waals surface area contributed by atoms with Gasteiger partial charge in [0.2, 0.25) is 5.91 Å². The van der Waals surface area contributed by atoms with Crippen LogP contribution >= 0.6 is 0 Å². The number of nitrogens with one attached hydrogen (secondary N) is 1. The number of hydrogen-bond acceptors (Lipinski definition) is 3. The minimum absolute atomic E-state index is 0.124. The largest absolute Gasteiger partial charge is 0.373 e. The first-order valence-corrected chi connectivity index (χ1v) is 8.49. The molecule has 4 rings (SSSR count). The minimum Gasteiger partial charge on any atom is -0.373 e. The predicted molar refractivity (Wildman–Crippen MR) is 90.9 cm³/mol. The number of ether oxygens (including phenoxy) is 1. The second kappa shape index (κ2) is 6.50. The molecular weight excluding hydrogens is 338 g/mol. The van der Waals surface area contributed by atoms with Gasteiger partial charge in [-0.05, 0) is 37.1 Å². The predicted octanol–water partition coefficient (Wildman–Crippen LogP) is 3.89. The number of benzene rings is 2. The summed E-state index contributed by atoms with van der Waals surface area (Å²) in [4.78, 5) is 12.6. The van der Waals surface area contributed by atoms with E-state index in [1.807, 2.05) is 0 Å². The van der Waals surface area contributed by atoms with E-state index in [-0.39, 0.29) is 34.9 Å². The van der Waals surface area contributed by atoms with E-state index in [0.717, 1.165) is 18.9 Å². The number of fused-ring (bicyclic) bond motifs is 2. The topological polar surface area (TPSA) is 62.1 Å². The molecule has 1 unspecified atom stereocenters. The van der Waals surface area contributed by atoms with Gasteiger partial charge in [-0.3, -0.25) is 4.79 Å². The number of carbonyl (C=O) groups is 1. The maximum absolute atomic E-state index is 14.4. The van der Waals surface area contributed by atoms with Crippen LogP contribution in [0.15, 0.2) is 42.5 Å². The van der Waals surface area contributed by atoms with Crippen LogP contribution in [-0.4, -0.2) is 18.1 Å². The van der Waals surface area contributed by atoms with Crippen molar-refractivity contribution in [2.24, 2.45) is 11.8 Å². The molecule has 2 fully saturated rings. The van der Waals surface area contributed by atoms with Crippen LogP contribution in [0, 0.1) is 34.8 Å². The van der Waals surface area contributed by atoms with Crippen molar-refractivity contribution in [1.29, 1.82) is 5.26 Å². The normalized spacial score (nSPS) is 26.5. The fourth-order valence-electron chi connectivity index (χ4n) is 3.89. The molecular formula is C20H16F2N2O2. The molecule has 0 saturated carbocycles. The van der Waals surface area contributed by atoms with E-state index in [1.165, 1.54) is 30.3 Å². The van der Waals surface area contributed by atoms with Crippen molar-refractivity contribution in [3.05, 3.63) is 54.1 Å². The quantitative estimate of drug-likeness (QED) is 0.910. The first-order valence-electron chi connectivity index (χ1n) is 8.49. The number of amides is 1. The number of nitriles is 1. The third-order valence-electron chi connectivity index (χ3n) is 5.13. The van der Waals surface area contributed by atoms with Crippen molar-refractivity contribution in [3.8, 4) is 17.2 Å². The molecule has 2 aliphatic heterocycles. The van der Waals surface area contributed by atoms with Crippen LogP contribution in [-0.2, 0) is 9.53 Å². The lowest BCUT2D eigenvalue weighted by Crippen LogP contribution is -2.36.